The summed E-state index contributed by atoms with van der Waals surface area (Å²) in [6.07, 6.45) is 1.65. The van der Waals surface area contributed by atoms with Crippen LogP contribution in [-0.2, 0) is 9.59 Å². The summed E-state index contributed by atoms with van der Waals surface area (Å²) >= 11 is 0. The summed E-state index contributed by atoms with van der Waals surface area (Å²) in [5.41, 5.74) is 0.989. The summed E-state index contributed by atoms with van der Waals surface area (Å²) in [5.74, 6) is -1.28. The first kappa shape index (κ1) is 13.2. The van der Waals surface area contributed by atoms with E-state index >= 15 is 0 Å². The number of aryl methyl sites for hydroxylation is 1. The Hall–Kier alpha value is -1.91. The molecule has 1 aromatic rings. The van der Waals surface area contributed by atoms with Crippen LogP contribution in [0.15, 0.2) is 18.3 Å². The number of pyridine rings is 1. The van der Waals surface area contributed by atoms with Crippen LogP contribution >= 0.6 is 0 Å². The SMILES string of the molecule is CC(=O)N(CC(C)C(=O)O)c1ccc(C)cn1. The first-order valence-corrected chi connectivity index (χ1v) is 5.35. The fraction of sp³-hybridized carbons (Fsp3) is 0.417. The average Bonchev–Trinajstić information content (AvgIpc) is 2.26. The lowest BCUT2D eigenvalue weighted by atomic mass is 10.1. The fourth-order valence-electron chi connectivity index (χ4n) is 1.36. The van der Waals surface area contributed by atoms with Gasteiger partial charge in [-0.3, -0.25) is 14.5 Å². The Bertz CT molecular complexity index is 414. The molecule has 0 bridgehead atoms. The molecule has 0 radical (unpaired) electrons. The lowest BCUT2D eigenvalue weighted by Crippen LogP contribution is -2.36. The van der Waals surface area contributed by atoms with Crippen LogP contribution in [-0.4, -0.2) is 28.5 Å². The van der Waals surface area contributed by atoms with Gasteiger partial charge in [0.15, 0.2) is 0 Å². The Morgan fingerprint density at radius 3 is 2.53 bits per heavy atom. The zero-order valence-corrected chi connectivity index (χ0v) is 10.2. The first-order valence-electron chi connectivity index (χ1n) is 5.35. The van der Waals surface area contributed by atoms with Gasteiger partial charge in [0.2, 0.25) is 5.91 Å². The number of hydrogen-bond acceptors (Lipinski definition) is 3. The van der Waals surface area contributed by atoms with Gasteiger partial charge in [-0.15, -0.1) is 0 Å². The number of carboxylic acids is 1. The summed E-state index contributed by atoms with van der Waals surface area (Å²) in [7, 11) is 0. The zero-order chi connectivity index (χ0) is 13.0. The van der Waals surface area contributed by atoms with Gasteiger partial charge in [0.25, 0.3) is 0 Å². The molecule has 17 heavy (non-hydrogen) atoms. The van der Waals surface area contributed by atoms with Gasteiger partial charge in [-0.05, 0) is 18.6 Å². The van der Waals surface area contributed by atoms with Gasteiger partial charge >= 0.3 is 5.97 Å². The van der Waals surface area contributed by atoms with Crippen LogP contribution in [0.4, 0.5) is 5.82 Å². The van der Waals surface area contributed by atoms with Gasteiger partial charge in [-0.2, -0.15) is 0 Å². The van der Waals surface area contributed by atoms with Crippen LogP contribution in [0.3, 0.4) is 0 Å². The molecule has 0 aliphatic rings. The van der Waals surface area contributed by atoms with E-state index in [9.17, 15) is 9.59 Å². The van der Waals surface area contributed by atoms with E-state index in [2.05, 4.69) is 4.98 Å². The van der Waals surface area contributed by atoms with E-state index in [0.717, 1.165) is 5.56 Å². The molecule has 1 heterocycles. The van der Waals surface area contributed by atoms with Crippen molar-refractivity contribution in [3.8, 4) is 0 Å². The van der Waals surface area contributed by atoms with E-state index in [0.29, 0.717) is 5.82 Å². The summed E-state index contributed by atoms with van der Waals surface area (Å²) in [4.78, 5) is 27.8. The molecule has 5 nitrogen and oxygen atoms in total. The smallest absolute Gasteiger partial charge is 0.308 e. The monoisotopic (exact) mass is 236 g/mol. The summed E-state index contributed by atoms with van der Waals surface area (Å²) in [6.45, 7) is 4.98. The normalized spacial score (nSPS) is 11.9. The predicted octanol–water partition coefficient (Wildman–Crippen LogP) is 1.46. The van der Waals surface area contributed by atoms with E-state index < -0.39 is 11.9 Å². The van der Waals surface area contributed by atoms with E-state index in [4.69, 9.17) is 5.11 Å². The fourth-order valence-corrected chi connectivity index (χ4v) is 1.36. The minimum atomic E-state index is -0.927. The summed E-state index contributed by atoms with van der Waals surface area (Å²) < 4.78 is 0. The number of carbonyl (C=O) groups is 2. The number of carboxylic acid groups (broad SMARTS) is 1. The molecular formula is C12H16N2O3. The number of carbonyl (C=O) groups excluding carboxylic acids is 1. The van der Waals surface area contributed by atoms with Crippen molar-refractivity contribution in [2.75, 3.05) is 11.4 Å². The number of hydrogen-bond donors (Lipinski definition) is 1. The minimum Gasteiger partial charge on any atom is -0.481 e. The highest BCUT2D eigenvalue weighted by molar-refractivity contribution is 5.91. The molecule has 0 saturated heterocycles. The molecular weight excluding hydrogens is 220 g/mol. The summed E-state index contributed by atoms with van der Waals surface area (Å²) in [5, 5.41) is 8.85. The van der Waals surface area contributed by atoms with Gasteiger partial charge in [-0.1, -0.05) is 13.0 Å². The van der Waals surface area contributed by atoms with Gasteiger partial charge in [0.05, 0.1) is 5.92 Å². The second-order valence-electron chi connectivity index (χ2n) is 4.06. The van der Waals surface area contributed by atoms with Crippen molar-refractivity contribution in [2.24, 2.45) is 5.92 Å². The Morgan fingerprint density at radius 1 is 1.47 bits per heavy atom. The lowest BCUT2D eigenvalue weighted by molar-refractivity contribution is -0.140. The molecule has 0 aliphatic carbocycles. The van der Waals surface area contributed by atoms with Crippen molar-refractivity contribution in [3.05, 3.63) is 23.9 Å². The van der Waals surface area contributed by atoms with E-state index in [1.54, 1.807) is 19.2 Å². The van der Waals surface area contributed by atoms with E-state index in [1.165, 1.54) is 11.8 Å². The Kier molecular flexibility index (Phi) is 4.20. The standard InChI is InChI=1S/C12H16N2O3/c1-8-4-5-11(13-6-8)14(10(3)15)7-9(2)12(16)17/h4-6,9H,7H2,1-3H3,(H,16,17). The second kappa shape index (κ2) is 5.43. The number of nitrogens with zero attached hydrogens (tertiary/aromatic N) is 2. The molecule has 1 N–H and O–H groups in total. The maximum absolute atomic E-state index is 11.5. The van der Waals surface area contributed by atoms with Crippen molar-refractivity contribution >= 4 is 17.7 Å². The predicted molar refractivity (Wildman–Crippen MR) is 63.8 cm³/mol. The highest BCUT2D eigenvalue weighted by atomic mass is 16.4. The largest absolute Gasteiger partial charge is 0.481 e. The summed E-state index contributed by atoms with van der Waals surface area (Å²) in [6, 6.07) is 3.55. The van der Waals surface area contributed by atoms with Crippen LogP contribution in [0.2, 0.25) is 0 Å². The topological polar surface area (TPSA) is 70.5 Å². The third-order valence-corrected chi connectivity index (χ3v) is 2.43. The lowest BCUT2D eigenvalue weighted by Gasteiger charge is -2.22. The third-order valence-electron chi connectivity index (χ3n) is 2.43. The molecule has 5 heteroatoms. The molecule has 1 rings (SSSR count). The van der Waals surface area contributed by atoms with Gasteiger partial charge in [-0.25, -0.2) is 4.98 Å². The van der Waals surface area contributed by atoms with Gasteiger partial charge < -0.3 is 5.11 Å². The molecule has 0 fully saturated rings. The molecule has 92 valence electrons. The van der Waals surface area contributed by atoms with Crippen molar-refractivity contribution in [1.29, 1.82) is 0 Å². The van der Waals surface area contributed by atoms with Crippen LogP contribution in [0.25, 0.3) is 0 Å². The Morgan fingerprint density at radius 2 is 2.12 bits per heavy atom. The maximum Gasteiger partial charge on any atom is 0.308 e. The number of rotatable bonds is 4. The first-order chi connectivity index (χ1) is 7.91. The van der Waals surface area contributed by atoms with Gasteiger partial charge in [0, 0.05) is 19.7 Å². The highest BCUT2D eigenvalue weighted by Gasteiger charge is 2.20. The van der Waals surface area contributed by atoms with Crippen LogP contribution in [0.1, 0.15) is 19.4 Å². The van der Waals surface area contributed by atoms with Crippen molar-refractivity contribution in [2.45, 2.75) is 20.8 Å². The molecule has 0 saturated carbocycles. The molecule has 0 spiro atoms. The zero-order valence-electron chi connectivity index (χ0n) is 10.2. The molecule has 1 aromatic heterocycles. The third kappa shape index (κ3) is 3.55. The van der Waals surface area contributed by atoms with Crippen LogP contribution in [0.5, 0.6) is 0 Å². The molecule has 0 aliphatic heterocycles. The second-order valence-corrected chi connectivity index (χ2v) is 4.06. The van der Waals surface area contributed by atoms with Crippen molar-refractivity contribution in [3.63, 3.8) is 0 Å². The van der Waals surface area contributed by atoms with E-state index in [-0.39, 0.29) is 12.5 Å². The molecule has 1 unspecified atom stereocenters. The molecule has 1 amide bonds. The van der Waals surface area contributed by atoms with Crippen molar-refractivity contribution in [1.82, 2.24) is 4.98 Å². The number of anilines is 1. The van der Waals surface area contributed by atoms with E-state index in [1.807, 2.05) is 13.0 Å². The molecule has 1 atom stereocenters. The number of amides is 1. The number of aliphatic carboxylic acids is 1. The molecule has 0 aromatic carbocycles. The Balaban J connectivity index is 2.90. The van der Waals surface area contributed by atoms with Crippen molar-refractivity contribution < 1.29 is 14.7 Å². The van der Waals surface area contributed by atoms with Crippen LogP contribution in [0, 0.1) is 12.8 Å². The highest BCUT2D eigenvalue weighted by Crippen LogP contribution is 2.13. The Labute approximate surface area is 100 Å². The number of aromatic nitrogens is 1. The minimum absolute atomic E-state index is 0.126. The quantitative estimate of drug-likeness (QED) is 0.859. The average molecular weight is 236 g/mol. The maximum atomic E-state index is 11.5. The van der Waals surface area contributed by atoms with Crippen LogP contribution < -0.4 is 4.90 Å². The van der Waals surface area contributed by atoms with Gasteiger partial charge in [0.1, 0.15) is 5.82 Å².